The van der Waals surface area contributed by atoms with Gasteiger partial charge in [-0.15, -0.1) is 0 Å². The van der Waals surface area contributed by atoms with Crippen molar-refractivity contribution < 1.29 is 9.90 Å². The fourth-order valence-electron chi connectivity index (χ4n) is 1.14. The molecule has 1 heterocycles. The van der Waals surface area contributed by atoms with Crippen LogP contribution >= 0.6 is 0 Å². The monoisotopic (exact) mass is 208 g/mol. The van der Waals surface area contributed by atoms with E-state index in [0.717, 1.165) is 0 Å². The van der Waals surface area contributed by atoms with Crippen LogP contribution in [0.15, 0.2) is 18.3 Å². The summed E-state index contributed by atoms with van der Waals surface area (Å²) in [4.78, 5) is 17.4. The van der Waals surface area contributed by atoms with E-state index < -0.39 is 0 Å². The number of hydrogen-bond acceptors (Lipinski definition) is 3. The van der Waals surface area contributed by atoms with Crippen LogP contribution in [-0.2, 0) is 6.61 Å². The summed E-state index contributed by atoms with van der Waals surface area (Å²) in [6.45, 7) is 3.75. The van der Waals surface area contributed by atoms with Crippen LogP contribution in [0.4, 0.5) is 0 Å². The maximum absolute atomic E-state index is 11.9. The molecule has 4 nitrogen and oxygen atoms in total. The van der Waals surface area contributed by atoms with E-state index in [0.29, 0.717) is 11.3 Å². The van der Waals surface area contributed by atoms with Crippen LogP contribution in [0.1, 0.15) is 29.9 Å². The predicted octanol–water partition coefficient (Wildman–Crippen LogP) is 1.05. The van der Waals surface area contributed by atoms with Crippen LogP contribution < -0.4 is 0 Å². The molecule has 15 heavy (non-hydrogen) atoms. The second kappa shape index (κ2) is 4.89. The number of hydrogen-bond donors (Lipinski definition) is 1. The van der Waals surface area contributed by atoms with Gasteiger partial charge in [0, 0.05) is 24.8 Å². The van der Waals surface area contributed by atoms with Crippen molar-refractivity contribution >= 4 is 5.91 Å². The SMILES string of the molecule is CC(C)N(C)C(=O)c1ccnc(CO)c1. The molecule has 1 aromatic heterocycles. The van der Waals surface area contributed by atoms with Crippen LogP contribution in [0.5, 0.6) is 0 Å². The average molecular weight is 208 g/mol. The van der Waals surface area contributed by atoms with Gasteiger partial charge in [-0.2, -0.15) is 0 Å². The standard InChI is InChI=1S/C11H16N2O2/c1-8(2)13(3)11(15)9-4-5-12-10(6-9)7-14/h4-6,8,14H,7H2,1-3H3. The van der Waals surface area contributed by atoms with Crippen LogP contribution in [0.2, 0.25) is 0 Å². The summed E-state index contributed by atoms with van der Waals surface area (Å²) in [6, 6.07) is 3.42. The van der Waals surface area contributed by atoms with Gasteiger partial charge in [0.25, 0.3) is 5.91 Å². The largest absolute Gasteiger partial charge is 0.390 e. The Morgan fingerprint density at radius 1 is 1.60 bits per heavy atom. The maximum Gasteiger partial charge on any atom is 0.253 e. The minimum atomic E-state index is -0.146. The summed E-state index contributed by atoms with van der Waals surface area (Å²) in [7, 11) is 1.76. The first-order valence-electron chi connectivity index (χ1n) is 4.89. The summed E-state index contributed by atoms with van der Waals surface area (Å²) in [5.74, 6) is -0.0536. The number of carbonyl (C=O) groups is 1. The number of nitrogens with zero attached hydrogens (tertiary/aromatic N) is 2. The third-order valence-electron chi connectivity index (χ3n) is 2.32. The molecule has 1 aromatic rings. The van der Waals surface area contributed by atoms with Gasteiger partial charge in [0.1, 0.15) is 0 Å². The Hall–Kier alpha value is -1.42. The zero-order valence-electron chi connectivity index (χ0n) is 9.27. The van der Waals surface area contributed by atoms with E-state index in [1.54, 1.807) is 24.1 Å². The zero-order valence-corrected chi connectivity index (χ0v) is 9.27. The highest BCUT2D eigenvalue weighted by Gasteiger charge is 2.14. The fraction of sp³-hybridized carbons (Fsp3) is 0.455. The summed E-state index contributed by atoms with van der Waals surface area (Å²) in [6.07, 6.45) is 1.53. The lowest BCUT2D eigenvalue weighted by Crippen LogP contribution is -2.33. The Bertz CT molecular complexity index is 350. The van der Waals surface area contributed by atoms with Gasteiger partial charge in [0.2, 0.25) is 0 Å². The summed E-state index contributed by atoms with van der Waals surface area (Å²) < 4.78 is 0. The summed E-state index contributed by atoms with van der Waals surface area (Å²) >= 11 is 0. The molecule has 4 heteroatoms. The van der Waals surface area contributed by atoms with Gasteiger partial charge in [-0.25, -0.2) is 0 Å². The van der Waals surface area contributed by atoms with Gasteiger partial charge in [0.15, 0.2) is 0 Å². The molecule has 0 aliphatic rings. The molecule has 0 saturated carbocycles. The molecule has 0 unspecified atom stereocenters. The Balaban J connectivity index is 2.91. The van der Waals surface area contributed by atoms with Crippen molar-refractivity contribution in [1.29, 1.82) is 0 Å². The molecule has 0 aromatic carbocycles. The van der Waals surface area contributed by atoms with E-state index in [9.17, 15) is 4.79 Å². The molecule has 0 spiro atoms. The van der Waals surface area contributed by atoms with Gasteiger partial charge < -0.3 is 10.0 Å². The first kappa shape index (κ1) is 11.7. The molecule has 0 atom stereocenters. The van der Waals surface area contributed by atoms with Crippen molar-refractivity contribution in [2.75, 3.05) is 7.05 Å². The Morgan fingerprint density at radius 3 is 2.80 bits per heavy atom. The number of rotatable bonds is 3. The topological polar surface area (TPSA) is 53.4 Å². The lowest BCUT2D eigenvalue weighted by Gasteiger charge is -2.21. The highest BCUT2D eigenvalue weighted by Crippen LogP contribution is 2.07. The van der Waals surface area contributed by atoms with Crippen LogP contribution in [0.25, 0.3) is 0 Å². The van der Waals surface area contributed by atoms with Gasteiger partial charge in [0.05, 0.1) is 12.3 Å². The van der Waals surface area contributed by atoms with Gasteiger partial charge in [-0.05, 0) is 26.0 Å². The molecule has 0 bridgehead atoms. The Labute approximate surface area is 89.6 Å². The van der Waals surface area contributed by atoms with E-state index in [-0.39, 0.29) is 18.6 Å². The van der Waals surface area contributed by atoms with E-state index >= 15 is 0 Å². The van der Waals surface area contributed by atoms with Crippen molar-refractivity contribution in [3.8, 4) is 0 Å². The number of amides is 1. The van der Waals surface area contributed by atoms with Crippen molar-refractivity contribution in [3.63, 3.8) is 0 Å². The second-order valence-corrected chi connectivity index (χ2v) is 3.70. The van der Waals surface area contributed by atoms with Crippen molar-refractivity contribution in [2.45, 2.75) is 26.5 Å². The van der Waals surface area contributed by atoms with Crippen molar-refractivity contribution in [1.82, 2.24) is 9.88 Å². The highest BCUT2D eigenvalue weighted by atomic mass is 16.3. The molecule has 0 saturated heterocycles. The lowest BCUT2D eigenvalue weighted by atomic mass is 10.2. The molecular formula is C11H16N2O2. The van der Waals surface area contributed by atoms with Crippen LogP contribution in [0, 0.1) is 0 Å². The fourth-order valence-corrected chi connectivity index (χ4v) is 1.14. The van der Waals surface area contributed by atoms with Gasteiger partial charge >= 0.3 is 0 Å². The number of aromatic nitrogens is 1. The summed E-state index contributed by atoms with van der Waals surface area (Å²) in [5, 5.41) is 8.90. The molecule has 82 valence electrons. The van der Waals surface area contributed by atoms with E-state index in [1.165, 1.54) is 6.20 Å². The van der Waals surface area contributed by atoms with Crippen LogP contribution in [-0.4, -0.2) is 34.0 Å². The van der Waals surface area contributed by atoms with Crippen molar-refractivity contribution in [2.24, 2.45) is 0 Å². The van der Waals surface area contributed by atoms with E-state index in [1.807, 2.05) is 13.8 Å². The second-order valence-electron chi connectivity index (χ2n) is 3.70. The Morgan fingerprint density at radius 2 is 2.27 bits per heavy atom. The molecule has 0 aliphatic carbocycles. The predicted molar refractivity (Wildman–Crippen MR) is 57.4 cm³/mol. The first-order chi connectivity index (χ1) is 7.06. The highest BCUT2D eigenvalue weighted by molar-refractivity contribution is 5.94. The molecule has 0 aliphatic heterocycles. The first-order valence-corrected chi connectivity index (χ1v) is 4.89. The molecule has 1 N–H and O–H groups in total. The van der Waals surface area contributed by atoms with E-state index in [2.05, 4.69) is 4.98 Å². The third-order valence-corrected chi connectivity index (χ3v) is 2.32. The zero-order chi connectivity index (χ0) is 11.4. The van der Waals surface area contributed by atoms with E-state index in [4.69, 9.17) is 5.11 Å². The smallest absolute Gasteiger partial charge is 0.253 e. The maximum atomic E-state index is 11.9. The van der Waals surface area contributed by atoms with Crippen molar-refractivity contribution in [3.05, 3.63) is 29.6 Å². The average Bonchev–Trinajstić information content (AvgIpc) is 2.27. The van der Waals surface area contributed by atoms with Crippen LogP contribution in [0.3, 0.4) is 0 Å². The number of carbonyl (C=O) groups excluding carboxylic acids is 1. The number of aliphatic hydroxyl groups excluding tert-OH is 1. The Kier molecular flexibility index (Phi) is 3.80. The lowest BCUT2D eigenvalue weighted by molar-refractivity contribution is 0.0754. The molecular weight excluding hydrogens is 192 g/mol. The summed E-state index contributed by atoms with van der Waals surface area (Å²) in [5.41, 5.74) is 1.07. The molecule has 1 amide bonds. The van der Waals surface area contributed by atoms with Gasteiger partial charge in [-0.3, -0.25) is 9.78 Å². The third kappa shape index (κ3) is 2.76. The molecule has 0 radical (unpaired) electrons. The molecule has 0 fully saturated rings. The minimum absolute atomic E-state index is 0.0536. The van der Waals surface area contributed by atoms with Gasteiger partial charge in [-0.1, -0.05) is 0 Å². The number of pyridine rings is 1. The minimum Gasteiger partial charge on any atom is -0.390 e. The normalized spacial score (nSPS) is 10.5. The molecule has 1 rings (SSSR count). The quantitative estimate of drug-likeness (QED) is 0.808. The number of aliphatic hydroxyl groups is 1.